The Hall–Kier alpha value is -2.13. The summed E-state index contributed by atoms with van der Waals surface area (Å²) < 4.78 is 1.28. The molecule has 0 saturated carbocycles. The molecular weight excluding hydrogens is 268 g/mol. The summed E-state index contributed by atoms with van der Waals surface area (Å²) in [5, 5.41) is 12.1. The number of hydrogen-bond donors (Lipinski definition) is 1. The van der Waals surface area contributed by atoms with Crippen LogP contribution in [0.5, 0.6) is 0 Å². The number of carbonyl (C=O) groups is 1. The lowest BCUT2D eigenvalue weighted by molar-refractivity contribution is -0.131. The van der Waals surface area contributed by atoms with Crippen LogP contribution in [0.2, 0.25) is 0 Å². The van der Waals surface area contributed by atoms with E-state index in [1.807, 2.05) is 24.3 Å². The van der Waals surface area contributed by atoms with Gasteiger partial charge in [-0.3, -0.25) is 0 Å². The molecule has 0 radical (unpaired) electrons. The molecule has 0 saturated heterocycles. The average molecular weight is 284 g/mol. The Balaban J connectivity index is 2.23. The molecule has 2 nitrogen and oxygen atoms in total. The molecule has 0 amide bonds. The van der Waals surface area contributed by atoms with Crippen molar-refractivity contribution in [2.45, 2.75) is 13.8 Å². The van der Waals surface area contributed by atoms with E-state index in [4.69, 9.17) is 5.11 Å². The van der Waals surface area contributed by atoms with Crippen molar-refractivity contribution in [3.05, 3.63) is 65.1 Å². The van der Waals surface area contributed by atoms with Gasteiger partial charge in [0.15, 0.2) is 0 Å². The van der Waals surface area contributed by atoms with Crippen LogP contribution in [0.15, 0.2) is 59.5 Å². The molecule has 0 aliphatic carbocycles. The molecule has 1 heterocycles. The van der Waals surface area contributed by atoms with E-state index in [1.165, 1.54) is 27.3 Å². The quantitative estimate of drug-likeness (QED) is 0.641. The lowest BCUT2D eigenvalue weighted by Gasteiger charge is -1.98. The Morgan fingerprint density at radius 1 is 1.25 bits per heavy atom. The Morgan fingerprint density at radius 2 is 2.00 bits per heavy atom. The highest BCUT2D eigenvalue weighted by Gasteiger charge is 2.03. The largest absolute Gasteiger partial charge is 0.478 e. The fourth-order valence-electron chi connectivity index (χ4n) is 1.96. The molecule has 0 aliphatic rings. The van der Waals surface area contributed by atoms with Crippen molar-refractivity contribution in [2.75, 3.05) is 0 Å². The first-order valence-electron chi connectivity index (χ1n) is 6.30. The van der Waals surface area contributed by atoms with Crippen LogP contribution in [0.4, 0.5) is 0 Å². The van der Waals surface area contributed by atoms with Crippen LogP contribution in [0.25, 0.3) is 15.7 Å². The van der Waals surface area contributed by atoms with E-state index < -0.39 is 5.97 Å². The summed E-state index contributed by atoms with van der Waals surface area (Å²) >= 11 is 1.74. The van der Waals surface area contributed by atoms with Gasteiger partial charge in [-0.25, -0.2) is 4.79 Å². The molecule has 0 fully saturated rings. The van der Waals surface area contributed by atoms with Gasteiger partial charge in [0.05, 0.1) is 0 Å². The van der Waals surface area contributed by atoms with Gasteiger partial charge in [0.25, 0.3) is 0 Å². The Kier molecular flexibility index (Phi) is 4.53. The Labute approximate surface area is 122 Å². The zero-order valence-electron chi connectivity index (χ0n) is 11.5. The summed E-state index contributed by atoms with van der Waals surface area (Å²) in [5.74, 6) is -0.920. The third-order valence-corrected chi connectivity index (χ3v) is 3.93. The number of benzene rings is 1. The summed E-state index contributed by atoms with van der Waals surface area (Å²) in [6, 6.07) is 8.33. The van der Waals surface area contributed by atoms with Crippen molar-refractivity contribution in [1.82, 2.24) is 0 Å². The van der Waals surface area contributed by atoms with Crippen molar-refractivity contribution in [2.24, 2.45) is 0 Å². The first-order chi connectivity index (χ1) is 9.58. The number of aliphatic carboxylic acids is 1. The highest BCUT2D eigenvalue weighted by Crippen LogP contribution is 2.30. The summed E-state index contributed by atoms with van der Waals surface area (Å²) in [5.41, 5.74) is 3.12. The summed E-state index contributed by atoms with van der Waals surface area (Å²) in [6.45, 7) is 3.84. The van der Waals surface area contributed by atoms with E-state index in [2.05, 4.69) is 24.4 Å². The van der Waals surface area contributed by atoms with Crippen molar-refractivity contribution < 1.29 is 9.90 Å². The van der Waals surface area contributed by atoms with Gasteiger partial charge < -0.3 is 5.11 Å². The molecule has 1 N–H and O–H groups in total. The molecule has 102 valence electrons. The first kappa shape index (κ1) is 14.3. The number of carboxylic acids is 1. The molecule has 3 heteroatoms. The maximum absolute atomic E-state index is 10.5. The molecule has 0 spiro atoms. The molecular formula is C17H16O2S. The number of hydrogen-bond acceptors (Lipinski definition) is 2. The molecule has 0 atom stereocenters. The third kappa shape index (κ3) is 3.45. The zero-order chi connectivity index (χ0) is 14.5. The summed E-state index contributed by atoms with van der Waals surface area (Å²) in [6.07, 6.45) is 6.88. The number of rotatable bonds is 4. The Bertz CT molecular complexity index is 717. The van der Waals surface area contributed by atoms with Gasteiger partial charge in [0.2, 0.25) is 0 Å². The minimum Gasteiger partial charge on any atom is -0.478 e. The van der Waals surface area contributed by atoms with E-state index in [0.29, 0.717) is 0 Å². The highest BCUT2D eigenvalue weighted by molar-refractivity contribution is 7.17. The van der Waals surface area contributed by atoms with Crippen molar-refractivity contribution in [3.63, 3.8) is 0 Å². The normalized spacial score (nSPS) is 13.3. The molecule has 0 bridgehead atoms. The SMILES string of the molecule is CC(/C=C/C=C(\C)c1csc2ccccc12)=C\C(=O)O. The van der Waals surface area contributed by atoms with Crippen LogP contribution in [0.3, 0.4) is 0 Å². The zero-order valence-corrected chi connectivity index (χ0v) is 12.3. The van der Waals surface area contributed by atoms with Gasteiger partial charge in [0, 0.05) is 10.8 Å². The maximum Gasteiger partial charge on any atom is 0.328 e. The van der Waals surface area contributed by atoms with Gasteiger partial charge in [-0.15, -0.1) is 11.3 Å². The molecule has 1 aromatic carbocycles. The minimum absolute atomic E-state index is 0.719. The van der Waals surface area contributed by atoms with Crippen LogP contribution < -0.4 is 0 Å². The number of carboxylic acid groups (broad SMARTS) is 1. The molecule has 1 aromatic heterocycles. The van der Waals surface area contributed by atoms with Gasteiger partial charge in [-0.05, 0) is 47.4 Å². The maximum atomic E-state index is 10.5. The second kappa shape index (κ2) is 6.35. The summed E-state index contributed by atoms with van der Waals surface area (Å²) in [7, 11) is 0. The fraction of sp³-hybridized carbons (Fsp3) is 0.118. The fourth-order valence-corrected chi connectivity index (χ4v) is 2.98. The monoisotopic (exact) mass is 284 g/mol. The highest BCUT2D eigenvalue weighted by atomic mass is 32.1. The topological polar surface area (TPSA) is 37.3 Å². The number of allylic oxidation sites excluding steroid dienone is 5. The average Bonchev–Trinajstić information content (AvgIpc) is 2.81. The number of fused-ring (bicyclic) bond motifs is 1. The molecule has 0 unspecified atom stereocenters. The lowest BCUT2D eigenvalue weighted by Crippen LogP contribution is -1.87. The van der Waals surface area contributed by atoms with Crippen LogP contribution in [0.1, 0.15) is 19.4 Å². The molecule has 2 rings (SSSR count). The second-order valence-electron chi connectivity index (χ2n) is 4.58. The summed E-state index contributed by atoms with van der Waals surface area (Å²) in [4.78, 5) is 10.5. The Morgan fingerprint density at radius 3 is 2.75 bits per heavy atom. The van der Waals surface area contributed by atoms with Crippen molar-refractivity contribution >= 4 is 33.0 Å². The van der Waals surface area contributed by atoms with E-state index >= 15 is 0 Å². The van der Waals surface area contributed by atoms with Gasteiger partial charge in [-0.2, -0.15) is 0 Å². The predicted molar refractivity (Wildman–Crippen MR) is 86.0 cm³/mol. The molecule has 2 aromatic rings. The predicted octanol–water partition coefficient (Wildman–Crippen LogP) is 4.89. The lowest BCUT2D eigenvalue weighted by atomic mass is 10.1. The van der Waals surface area contributed by atoms with Crippen molar-refractivity contribution in [1.29, 1.82) is 0 Å². The van der Waals surface area contributed by atoms with E-state index in [0.717, 1.165) is 5.57 Å². The van der Waals surface area contributed by atoms with Gasteiger partial charge in [-0.1, -0.05) is 36.4 Å². The smallest absolute Gasteiger partial charge is 0.328 e. The van der Waals surface area contributed by atoms with Crippen molar-refractivity contribution in [3.8, 4) is 0 Å². The van der Waals surface area contributed by atoms with E-state index in [1.54, 1.807) is 24.3 Å². The third-order valence-electron chi connectivity index (χ3n) is 2.96. The van der Waals surface area contributed by atoms with Crippen LogP contribution in [-0.2, 0) is 4.79 Å². The van der Waals surface area contributed by atoms with E-state index in [-0.39, 0.29) is 0 Å². The van der Waals surface area contributed by atoms with Crippen LogP contribution in [0, 0.1) is 0 Å². The second-order valence-corrected chi connectivity index (χ2v) is 5.49. The standard InChI is InChI=1S/C17H16O2S/c1-12(10-17(18)19)6-5-7-13(2)15-11-20-16-9-4-3-8-14(15)16/h3-11H,1-2H3,(H,18,19)/b6-5+,12-10+,13-7+. The van der Waals surface area contributed by atoms with Gasteiger partial charge in [0.1, 0.15) is 0 Å². The van der Waals surface area contributed by atoms with Crippen LogP contribution >= 0.6 is 11.3 Å². The van der Waals surface area contributed by atoms with E-state index in [9.17, 15) is 4.79 Å². The number of thiophene rings is 1. The molecule has 20 heavy (non-hydrogen) atoms. The first-order valence-corrected chi connectivity index (χ1v) is 7.18. The van der Waals surface area contributed by atoms with Crippen LogP contribution in [-0.4, -0.2) is 11.1 Å². The van der Waals surface area contributed by atoms with Gasteiger partial charge >= 0.3 is 5.97 Å². The minimum atomic E-state index is -0.920. The molecule has 0 aliphatic heterocycles.